The number of rotatable bonds is 18. The third-order valence-electron chi connectivity index (χ3n) is 10.4. The maximum Gasteiger partial charge on any atom is 0.416 e. The number of carbonyl (C=O) groups excluding carboxylic acids is 7. The Hall–Kier alpha value is -5.31. The average Bonchev–Trinajstić information content (AvgIpc) is 3.21. The van der Waals surface area contributed by atoms with Gasteiger partial charge in [-0.15, -0.1) is 0 Å². The number of carbonyl (C=O) groups is 7. The van der Waals surface area contributed by atoms with E-state index >= 15 is 0 Å². The van der Waals surface area contributed by atoms with Crippen LogP contribution in [0.5, 0.6) is 0 Å². The number of imide groups is 3. The lowest BCUT2D eigenvalue weighted by atomic mass is 9.84. The molecule has 0 bridgehead atoms. The Morgan fingerprint density at radius 1 is 0.869 bits per heavy atom. The number of nitrogens with one attached hydrogen (secondary N) is 4. The molecule has 0 saturated heterocycles. The molecule has 1 heterocycles. The number of sulfonamides is 1. The first-order valence-electron chi connectivity index (χ1n) is 20.2. The maximum absolute atomic E-state index is 14.5. The highest BCUT2D eigenvalue weighted by Crippen LogP contribution is 2.30. The number of nitrogens with two attached hydrogens (primary N) is 1. The fourth-order valence-corrected chi connectivity index (χ4v) is 7.59. The number of benzene rings is 1. The summed E-state index contributed by atoms with van der Waals surface area (Å²) in [6.07, 6.45) is 2.69. The van der Waals surface area contributed by atoms with E-state index in [0.29, 0.717) is 43.5 Å². The van der Waals surface area contributed by atoms with Crippen LogP contribution in [-0.2, 0) is 45.0 Å². The third-order valence-corrected chi connectivity index (χ3v) is 11.7. The molecule has 6 N–H and O–H groups in total. The summed E-state index contributed by atoms with van der Waals surface area (Å²) in [5.41, 5.74) is 4.74. The van der Waals surface area contributed by atoms with Gasteiger partial charge in [0.15, 0.2) is 0 Å². The highest BCUT2D eigenvalue weighted by Gasteiger charge is 2.42. The zero-order chi connectivity index (χ0) is 45.7. The molecule has 7 amide bonds. The van der Waals surface area contributed by atoms with Crippen molar-refractivity contribution in [3.63, 3.8) is 0 Å². The number of aromatic nitrogens is 2. The quantitative estimate of drug-likeness (QED) is 0.135. The van der Waals surface area contributed by atoms with Crippen molar-refractivity contribution in [2.45, 2.75) is 134 Å². The average molecular weight is 881 g/mol. The predicted octanol–water partition coefficient (Wildman–Crippen LogP) is 3.14. The molecule has 0 radical (unpaired) electrons. The van der Waals surface area contributed by atoms with E-state index in [1.807, 2.05) is 13.8 Å². The van der Waals surface area contributed by atoms with Crippen molar-refractivity contribution in [2.24, 2.45) is 23.5 Å². The van der Waals surface area contributed by atoms with Gasteiger partial charge < -0.3 is 21.7 Å². The number of hydrogen-bond donors (Lipinski definition) is 5. The minimum atomic E-state index is -5.02. The van der Waals surface area contributed by atoms with Crippen molar-refractivity contribution < 1.29 is 55.2 Å². The van der Waals surface area contributed by atoms with E-state index in [-0.39, 0.29) is 41.7 Å². The first-order chi connectivity index (χ1) is 28.6. The molecule has 1 aliphatic carbocycles. The minimum Gasteiger partial charge on any atom is -0.342 e. The molecule has 5 atom stereocenters. The van der Waals surface area contributed by atoms with Crippen LogP contribution in [0.1, 0.15) is 115 Å². The predicted molar refractivity (Wildman–Crippen MR) is 214 cm³/mol. The fourth-order valence-electron chi connectivity index (χ4n) is 6.65. The van der Waals surface area contributed by atoms with Crippen molar-refractivity contribution >= 4 is 51.4 Å². The van der Waals surface area contributed by atoms with Crippen LogP contribution >= 0.6 is 0 Å². The molecule has 1 aliphatic rings. The molecule has 0 aliphatic heterocycles. The number of nitrogens with zero attached hydrogens (tertiary/aromatic N) is 3. The lowest BCUT2D eigenvalue weighted by Gasteiger charge is -2.32. The molecule has 17 nitrogen and oxygen atoms in total. The molecule has 1 aromatic carbocycles. The molecule has 1 saturated carbocycles. The van der Waals surface area contributed by atoms with Gasteiger partial charge in [0.05, 0.1) is 16.7 Å². The topological polar surface area (TPSA) is 257 Å². The highest BCUT2D eigenvalue weighted by molar-refractivity contribution is 7.90. The van der Waals surface area contributed by atoms with Gasteiger partial charge in [-0.1, -0.05) is 73.1 Å². The molecule has 1 unspecified atom stereocenters. The van der Waals surface area contributed by atoms with Gasteiger partial charge in [-0.3, -0.25) is 38.5 Å². The Bertz CT molecular complexity index is 1980. The molecule has 3 rings (SSSR count). The summed E-state index contributed by atoms with van der Waals surface area (Å²) in [5, 5.41) is 7.91. The van der Waals surface area contributed by atoms with E-state index in [4.69, 9.17) is 5.73 Å². The maximum atomic E-state index is 14.5. The molecular formula is C40H55F3N8O9S. The van der Waals surface area contributed by atoms with Crippen molar-refractivity contribution in [3.8, 4) is 0 Å². The van der Waals surface area contributed by atoms with Gasteiger partial charge in [-0.05, 0) is 61.3 Å². The van der Waals surface area contributed by atoms with Crippen LogP contribution in [0.2, 0.25) is 0 Å². The zero-order valence-electron chi connectivity index (χ0n) is 34.8. The second-order valence-electron chi connectivity index (χ2n) is 15.6. The molecule has 1 aromatic heterocycles. The Morgan fingerprint density at radius 2 is 1.51 bits per heavy atom. The standard InChI is InChI=1S/C40H55F3N8O9S/c1-6-24(5)33(49-34(53)29(19-23(3)4)47-35(54)31-22-45-17-18-46-31)36(55)48-30(20-25-11-9-8-10-12-25)38(57)51(32(52)21-27(44)7-2)39(58)37(56)50-61(59,60)28-15-13-26(14-16-28)40(41,42)43/h13-18,22-25,27,29-30,33H,6-12,19-21,44H2,1-5H3,(H,47,54)(H,48,55)(H,49,53)(H,50,56)/t24-,27?,29-,30-,33-/m0/s1. The second kappa shape index (κ2) is 22.5. The van der Waals surface area contributed by atoms with Gasteiger partial charge in [-0.2, -0.15) is 13.2 Å². The number of alkyl halides is 3. The first-order valence-corrected chi connectivity index (χ1v) is 21.7. The summed E-state index contributed by atoms with van der Waals surface area (Å²) in [7, 11) is -5.02. The molecule has 21 heteroatoms. The van der Waals surface area contributed by atoms with E-state index in [0.717, 1.165) is 19.3 Å². The minimum absolute atomic E-state index is 0.0521. The summed E-state index contributed by atoms with van der Waals surface area (Å²) in [6.45, 7) is 8.65. The molecular weight excluding hydrogens is 826 g/mol. The fraction of sp³-hybridized carbons (Fsp3) is 0.575. The van der Waals surface area contributed by atoms with Crippen molar-refractivity contribution in [2.75, 3.05) is 0 Å². The summed E-state index contributed by atoms with van der Waals surface area (Å²) < 4.78 is 66.8. The first kappa shape index (κ1) is 50.0. The van der Waals surface area contributed by atoms with Gasteiger partial charge >= 0.3 is 18.0 Å². The smallest absolute Gasteiger partial charge is 0.342 e. The summed E-state index contributed by atoms with van der Waals surface area (Å²) in [5.74, 6) is -9.78. The van der Waals surface area contributed by atoms with Crippen LogP contribution in [0.15, 0.2) is 47.8 Å². The van der Waals surface area contributed by atoms with E-state index in [2.05, 4.69) is 25.9 Å². The summed E-state index contributed by atoms with van der Waals surface area (Å²) in [6, 6.07) is -3.05. The van der Waals surface area contributed by atoms with Gasteiger partial charge in [0.2, 0.25) is 17.7 Å². The largest absolute Gasteiger partial charge is 0.416 e. The SMILES string of the molecule is CCC(N)CC(=O)N(C(=O)C(=O)NS(=O)(=O)c1ccc(C(F)(F)F)cc1)C(=O)[C@H](CC1CCCCC1)NC(=O)[C@@H](NC(=O)[C@H](CC(C)C)NC(=O)c1cnccn1)[C@@H](C)CC. The lowest BCUT2D eigenvalue weighted by molar-refractivity contribution is -0.160. The Kier molecular flexibility index (Phi) is 18.5. The third kappa shape index (κ3) is 14.7. The lowest BCUT2D eigenvalue weighted by Crippen LogP contribution is -2.61. The van der Waals surface area contributed by atoms with Crippen LogP contribution in [-0.4, -0.2) is 88.8 Å². The number of halogens is 3. The van der Waals surface area contributed by atoms with Crippen LogP contribution in [0, 0.1) is 17.8 Å². The van der Waals surface area contributed by atoms with E-state index in [1.165, 1.54) is 23.3 Å². The van der Waals surface area contributed by atoms with Gasteiger partial charge in [0.25, 0.3) is 21.8 Å². The highest BCUT2D eigenvalue weighted by atomic mass is 32.2. The molecule has 336 valence electrons. The normalized spacial score (nSPS) is 16.0. The molecule has 1 fully saturated rings. The van der Waals surface area contributed by atoms with Crippen molar-refractivity contribution in [1.82, 2.24) is 35.5 Å². The Morgan fingerprint density at radius 3 is 2.05 bits per heavy atom. The van der Waals surface area contributed by atoms with Crippen LogP contribution in [0.4, 0.5) is 13.2 Å². The monoisotopic (exact) mass is 880 g/mol. The number of amides is 7. The number of hydrogen-bond acceptors (Lipinski definition) is 12. The van der Waals surface area contributed by atoms with Crippen LogP contribution in [0.25, 0.3) is 0 Å². The van der Waals surface area contributed by atoms with E-state index in [1.54, 1.807) is 20.8 Å². The van der Waals surface area contributed by atoms with E-state index < -0.39 is 105 Å². The summed E-state index contributed by atoms with van der Waals surface area (Å²) >= 11 is 0. The van der Waals surface area contributed by atoms with Crippen molar-refractivity contribution in [1.29, 1.82) is 0 Å². The second-order valence-corrected chi connectivity index (χ2v) is 17.3. The molecule has 61 heavy (non-hydrogen) atoms. The molecule has 0 spiro atoms. The zero-order valence-corrected chi connectivity index (χ0v) is 35.6. The van der Waals surface area contributed by atoms with Crippen LogP contribution < -0.4 is 26.4 Å². The van der Waals surface area contributed by atoms with Crippen LogP contribution in [0.3, 0.4) is 0 Å². The molecule has 2 aromatic rings. The Labute approximate surface area is 353 Å². The van der Waals surface area contributed by atoms with Gasteiger partial charge in [0, 0.05) is 24.9 Å². The van der Waals surface area contributed by atoms with Gasteiger partial charge in [-0.25, -0.2) is 23.0 Å². The Balaban J connectivity index is 1.98. The van der Waals surface area contributed by atoms with E-state index in [9.17, 15) is 55.2 Å². The van der Waals surface area contributed by atoms with Gasteiger partial charge in [0.1, 0.15) is 23.8 Å². The summed E-state index contributed by atoms with van der Waals surface area (Å²) in [4.78, 5) is 103. The van der Waals surface area contributed by atoms with Crippen molar-refractivity contribution in [3.05, 3.63) is 54.1 Å².